The number of nitrogens with one attached hydrogen (secondary N) is 2. The molecule has 8 heteroatoms. The predicted molar refractivity (Wildman–Crippen MR) is 72.8 cm³/mol. The molecular weight excluding hydrogens is 283 g/mol. The predicted octanol–water partition coefficient (Wildman–Crippen LogP) is 3.24. The lowest BCUT2D eigenvalue weighted by Crippen LogP contribution is -2.27. The highest BCUT2D eigenvalue weighted by Crippen LogP contribution is 2.22. The Kier molecular flexibility index (Phi) is 3.97. The number of nitrogens with zero attached hydrogens (tertiary/aromatic N) is 3. The van der Waals surface area contributed by atoms with Crippen LogP contribution in [-0.2, 0) is 0 Å². The molecule has 0 aliphatic rings. The molecule has 112 valence electrons. The van der Waals surface area contributed by atoms with Crippen LogP contribution in [0.1, 0.15) is 20.8 Å². The Hall–Kier alpha value is -2.38. The van der Waals surface area contributed by atoms with E-state index in [9.17, 15) is 13.2 Å². The summed E-state index contributed by atoms with van der Waals surface area (Å²) >= 11 is 0. The maximum atomic E-state index is 13.6. The standard InChI is InChI=1S/C13H14F3N5/c1-13(2,3)20-12-19-9(6-17-21-12)18-8-5-4-7(14)10(15)11(8)16/h4-6H,1-3H3,(H2,18,19,20,21). The highest BCUT2D eigenvalue weighted by Gasteiger charge is 2.15. The SMILES string of the molecule is CC(C)(C)Nc1nncc(Nc2ccc(F)c(F)c2F)n1. The Morgan fingerprint density at radius 2 is 1.76 bits per heavy atom. The van der Waals surface area contributed by atoms with Gasteiger partial charge in [-0.05, 0) is 32.9 Å². The van der Waals surface area contributed by atoms with Crippen LogP contribution in [0.4, 0.5) is 30.6 Å². The molecule has 0 saturated heterocycles. The lowest BCUT2D eigenvalue weighted by molar-refractivity contribution is 0.449. The van der Waals surface area contributed by atoms with E-state index in [4.69, 9.17) is 0 Å². The van der Waals surface area contributed by atoms with E-state index in [1.165, 1.54) is 6.20 Å². The highest BCUT2D eigenvalue weighted by atomic mass is 19.2. The second-order valence-electron chi connectivity index (χ2n) is 5.39. The van der Waals surface area contributed by atoms with E-state index < -0.39 is 17.5 Å². The molecule has 1 heterocycles. The number of anilines is 3. The summed E-state index contributed by atoms with van der Waals surface area (Å²) in [5.41, 5.74) is -0.524. The van der Waals surface area contributed by atoms with Gasteiger partial charge in [-0.15, -0.1) is 5.10 Å². The molecular formula is C13H14F3N5. The lowest BCUT2D eigenvalue weighted by atomic mass is 10.1. The van der Waals surface area contributed by atoms with Gasteiger partial charge in [0, 0.05) is 5.54 Å². The molecule has 21 heavy (non-hydrogen) atoms. The van der Waals surface area contributed by atoms with E-state index in [1.54, 1.807) is 0 Å². The summed E-state index contributed by atoms with van der Waals surface area (Å²) < 4.78 is 39.6. The van der Waals surface area contributed by atoms with Crippen molar-refractivity contribution in [1.82, 2.24) is 15.2 Å². The molecule has 0 bridgehead atoms. The fourth-order valence-electron chi connectivity index (χ4n) is 1.51. The van der Waals surface area contributed by atoms with Crippen molar-refractivity contribution in [3.63, 3.8) is 0 Å². The first kappa shape index (κ1) is 15.0. The third-order valence-corrected chi connectivity index (χ3v) is 2.34. The van der Waals surface area contributed by atoms with Gasteiger partial charge in [0.05, 0.1) is 11.9 Å². The minimum atomic E-state index is -1.55. The van der Waals surface area contributed by atoms with Gasteiger partial charge < -0.3 is 10.6 Å². The molecule has 0 unspecified atom stereocenters. The molecule has 1 aromatic heterocycles. The topological polar surface area (TPSA) is 62.7 Å². The number of rotatable bonds is 3. The van der Waals surface area contributed by atoms with Gasteiger partial charge in [-0.2, -0.15) is 10.1 Å². The number of halogens is 3. The molecule has 5 nitrogen and oxygen atoms in total. The number of hydrogen-bond donors (Lipinski definition) is 2. The lowest BCUT2D eigenvalue weighted by Gasteiger charge is -2.20. The van der Waals surface area contributed by atoms with Crippen LogP contribution in [0, 0.1) is 17.5 Å². The first-order valence-electron chi connectivity index (χ1n) is 6.15. The average Bonchev–Trinajstić information content (AvgIpc) is 2.38. The van der Waals surface area contributed by atoms with Crippen molar-refractivity contribution >= 4 is 17.5 Å². The van der Waals surface area contributed by atoms with Crippen molar-refractivity contribution in [2.45, 2.75) is 26.3 Å². The second-order valence-corrected chi connectivity index (χ2v) is 5.39. The fourth-order valence-corrected chi connectivity index (χ4v) is 1.51. The van der Waals surface area contributed by atoms with Gasteiger partial charge >= 0.3 is 0 Å². The van der Waals surface area contributed by atoms with Crippen LogP contribution in [0.5, 0.6) is 0 Å². The highest BCUT2D eigenvalue weighted by molar-refractivity contribution is 5.57. The van der Waals surface area contributed by atoms with Gasteiger partial charge in [0.15, 0.2) is 23.3 Å². The molecule has 1 aromatic carbocycles. The van der Waals surface area contributed by atoms with E-state index in [2.05, 4.69) is 25.8 Å². The monoisotopic (exact) mass is 297 g/mol. The van der Waals surface area contributed by atoms with Crippen molar-refractivity contribution in [3.05, 3.63) is 35.8 Å². The van der Waals surface area contributed by atoms with E-state index in [-0.39, 0.29) is 23.0 Å². The Balaban J connectivity index is 2.24. The average molecular weight is 297 g/mol. The third-order valence-electron chi connectivity index (χ3n) is 2.34. The van der Waals surface area contributed by atoms with E-state index in [1.807, 2.05) is 20.8 Å². The summed E-state index contributed by atoms with van der Waals surface area (Å²) in [4.78, 5) is 4.07. The van der Waals surface area contributed by atoms with E-state index in [0.29, 0.717) is 0 Å². The minimum Gasteiger partial charge on any atom is -0.348 e. The van der Waals surface area contributed by atoms with Gasteiger partial charge in [0.25, 0.3) is 0 Å². The molecule has 2 N–H and O–H groups in total. The zero-order valence-electron chi connectivity index (χ0n) is 11.7. The van der Waals surface area contributed by atoms with Crippen LogP contribution in [0.2, 0.25) is 0 Å². The Morgan fingerprint density at radius 1 is 1.05 bits per heavy atom. The number of benzene rings is 1. The van der Waals surface area contributed by atoms with Gasteiger partial charge in [0.2, 0.25) is 5.95 Å². The maximum absolute atomic E-state index is 13.6. The van der Waals surface area contributed by atoms with Crippen LogP contribution in [0.3, 0.4) is 0 Å². The smallest absolute Gasteiger partial charge is 0.245 e. The third kappa shape index (κ3) is 3.80. The largest absolute Gasteiger partial charge is 0.348 e. The zero-order chi connectivity index (χ0) is 15.6. The van der Waals surface area contributed by atoms with Crippen LogP contribution in [0.25, 0.3) is 0 Å². The van der Waals surface area contributed by atoms with Crippen molar-refractivity contribution in [2.75, 3.05) is 10.6 Å². The van der Waals surface area contributed by atoms with Crippen molar-refractivity contribution in [3.8, 4) is 0 Å². The molecule has 0 aliphatic heterocycles. The molecule has 0 spiro atoms. The molecule has 0 aliphatic carbocycles. The molecule has 0 fully saturated rings. The number of aromatic nitrogens is 3. The fraction of sp³-hybridized carbons (Fsp3) is 0.308. The zero-order valence-corrected chi connectivity index (χ0v) is 11.7. The summed E-state index contributed by atoms with van der Waals surface area (Å²) in [7, 11) is 0. The Morgan fingerprint density at radius 3 is 2.43 bits per heavy atom. The summed E-state index contributed by atoms with van der Waals surface area (Å²) in [6.45, 7) is 5.72. The van der Waals surface area contributed by atoms with Crippen LogP contribution in [0.15, 0.2) is 18.3 Å². The van der Waals surface area contributed by atoms with E-state index in [0.717, 1.165) is 12.1 Å². The summed E-state index contributed by atoms with van der Waals surface area (Å²) in [5, 5.41) is 13.0. The van der Waals surface area contributed by atoms with Gasteiger partial charge in [-0.25, -0.2) is 13.2 Å². The van der Waals surface area contributed by atoms with Gasteiger partial charge in [0.1, 0.15) is 0 Å². The van der Waals surface area contributed by atoms with Crippen LogP contribution >= 0.6 is 0 Å². The van der Waals surface area contributed by atoms with Crippen LogP contribution < -0.4 is 10.6 Å². The van der Waals surface area contributed by atoms with Crippen molar-refractivity contribution in [2.24, 2.45) is 0 Å². The first-order valence-corrected chi connectivity index (χ1v) is 6.15. The van der Waals surface area contributed by atoms with Crippen molar-refractivity contribution in [1.29, 1.82) is 0 Å². The minimum absolute atomic E-state index is 0.154. The van der Waals surface area contributed by atoms with Crippen LogP contribution in [-0.4, -0.2) is 20.7 Å². The Bertz CT molecular complexity index is 655. The molecule has 0 atom stereocenters. The summed E-state index contributed by atoms with van der Waals surface area (Å²) in [6, 6.07) is 1.90. The molecule has 0 saturated carbocycles. The first-order chi connectivity index (χ1) is 9.76. The van der Waals surface area contributed by atoms with Gasteiger partial charge in [-0.3, -0.25) is 0 Å². The van der Waals surface area contributed by atoms with E-state index >= 15 is 0 Å². The molecule has 0 amide bonds. The molecule has 2 rings (SSSR count). The normalized spacial score (nSPS) is 11.3. The quantitative estimate of drug-likeness (QED) is 0.852. The number of hydrogen-bond acceptors (Lipinski definition) is 5. The summed E-state index contributed by atoms with van der Waals surface area (Å²) in [5.74, 6) is -3.74. The molecule has 0 radical (unpaired) electrons. The molecule has 2 aromatic rings. The Labute approximate surface area is 119 Å². The summed E-state index contributed by atoms with van der Waals surface area (Å²) in [6.07, 6.45) is 1.24. The maximum Gasteiger partial charge on any atom is 0.245 e. The van der Waals surface area contributed by atoms with Crippen molar-refractivity contribution < 1.29 is 13.2 Å². The second kappa shape index (κ2) is 5.55. The van der Waals surface area contributed by atoms with Gasteiger partial charge in [-0.1, -0.05) is 0 Å².